The first-order valence-electron chi connectivity index (χ1n) is 10.7. The Morgan fingerprint density at radius 3 is 2.56 bits per heavy atom. The maximum Gasteiger partial charge on any atom is 0.225 e. The maximum absolute atomic E-state index is 12.7. The Morgan fingerprint density at radius 1 is 1.07 bits per heavy atom. The van der Waals surface area contributed by atoms with Crippen LogP contribution in [0, 0.1) is 5.92 Å². The highest BCUT2D eigenvalue weighted by molar-refractivity contribution is 5.82. The Labute approximate surface area is 163 Å². The number of nitrogens with one attached hydrogen (secondary N) is 3. The van der Waals surface area contributed by atoms with Gasteiger partial charge in [-0.3, -0.25) is 14.6 Å². The fourth-order valence-corrected chi connectivity index (χ4v) is 3.82. The van der Waals surface area contributed by atoms with Crippen LogP contribution in [0.25, 0.3) is 0 Å². The molecule has 2 fully saturated rings. The quantitative estimate of drug-likeness (QED) is 0.442. The van der Waals surface area contributed by atoms with Gasteiger partial charge in [-0.05, 0) is 32.6 Å². The summed E-state index contributed by atoms with van der Waals surface area (Å²) in [5.74, 6) is 1.36. The lowest BCUT2D eigenvalue weighted by Gasteiger charge is -2.26. The van der Waals surface area contributed by atoms with Crippen molar-refractivity contribution in [2.24, 2.45) is 10.9 Å². The largest absolute Gasteiger partial charge is 0.357 e. The van der Waals surface area contributed by atoms with Gasteiger partial charge in [-0.25, -0.2) is 0 Å². The van der Waals surface area contributed by atoms with Crippen molar-refractivity contribution < 1.29 is 9.59 Å². The van der Waals surface area contributed by atoms with Crippen LogP contribution in [-0.2, 0) is 9.59 Å². The molecule has 7 heteroatoms. The second-order valence-corrected chi connectivity index (χ2v) is 7.61. The van der Waals surface area contributed by atoms with E-state index >= 15 is 0 Å². The average molecular weight is 380 g/mol. The highest BCUT2D eigenvalue weighted by Crippen LogP contribution is 2.26. The third kappa shape index (κ3) is 7.39. The Morgan fingerprint density at radius 2 is 1.85 bits per heavy atom. The Kier molecular flexibility index (Phi) is 9.42. The van der Waals surface area contributed by atoms with Gasteiger partial charge in [0.25, 0.3) is 0 Å². The lowest BCUT2D eigenvalue weighted by atomic mass is 9.88. The molecular formula is C20H37N5O2. The Bertz CT molecular complexity index is 503. The van der Waals surface area contributed by atoms with Crippen LogP contribution < -0.4 is 16.0 Å². The van der Waals surface area contributed by atoms with Crippen molar-refractivity contribution in [3.8, 4) is 0 Å². The molecule has 0 aromatic heterocycles. The van der Waals surface area contributed by atoms with Gasteiger partial charge in [0.15, 0.2) is 5.96 Å². The van der Waals surface area contributed by atoms with Crippen LogP contribution in [0.15, 0.2) is 4.99 Å². The molecule has 2 rings (SSSR count). The van der Waals surface area contributed by atoms with Crippen molar-refractivity contribution in [1.29, 1.82) is 0 Å². The summed E-state index contributed by atoms with van der Waals surface area (Å²) in [5, 5.41) is 9.54. The van der Waals surface area contributed by atoms with E-state index < -0.39 is 0 Å². The van der Waals surface area contributed by atoms with Gasteiger partial charge in [0.2, 0.25) is 11.8 Å². The number of likely N-dealkylation sites (tertiary alicyclic amines) is 1. The summed E-state index contributed by atoms with van der Waals surface area (Å²) >= 11 is 0. The summed E-state index contributed by atoms with van der Waals surface area (Å²) in [5.41, 5.74) is 0. The van der Waals surface area contributed by atoms with Gasteiger partial charge in [0, 0.05) is 44.6 Å². The number of guanidine groups is 1. The molecule has 1 aliphatic carbocycles. The van der Waals surface area contributed by atoms with Crippen molar-refractivity contribution >= 4 is 17.8 Å². The molecule has 0 aromatic carbocycles. The molecule has 1 heterocycles. The summed E-state index contributed by atoms with van der Waals surface area (Å²) in [6, 6.07) is 0.226. The van der Waals surface area contributed by atoms with Crippen molar-refractivity contribution in [3.05, 3.63) is 0 Å². The van der Waals surface area contributed by atoms with E-state index in [0.29, 0.717) is 25.4 Å². The monoisotopic (exact) mass is 379 g/mol. The molecule has 3 N–H and O–H groups in total. The normalized spacial score (nSPS) is 21.2. The zero-order valence-electron chi connectivity index (χ0n) is 17.1. The highest BCUT2D eigenvalue weighted by Gasteiger charge is 2.31. The molecular weight excluding hydrogens is 342 g/mol. The summed E-state index contributed by atoms with van der Waals surface area (Å²) in [6.45, 7) is 7.58. The molecule has 1 atom stereocenters. The predicted molar refractivity (Wildman–Crippen MR) is 109 cm³/mol. The minimum Gasteiger partial charge on any atom is -0.357 e. The molecule has 7 nitrogen and oxygen atoms in total. The van der Waals surface area contributed by atoms with Crippen LogP contribution in [0.2, 0.25) is 0 Å². The summed E-state index contributed by atoms with van der Waals surface area (Å²) in [7, 11) is 0. The molecule has 2 aliphatic rings. The molecule has 154 valence electrons. The minimum atomic E-state index is 0.0431. The fraction of sp³-hybridized carbons (Fsp3) is 0.850. The second kappa shape index (κ2) is 11.8. The van der Waals surface area contributed by atoms with Crippen LogP contribution in [0.4, 0.5) is 0 Å². The number of carbonyl (C=O) groups is 2. The SMILES string of the molecule is CCCNC(=O)CCN=C(NCC)NC1CCN(C(=O)C2CCCCC2)C1. The van der Waals surface area contributed by atoms with Gasteiger partial charge in [-0.1, -0.05) is 26.2 Å². The number of hydrogen-bond donors (Lipinski definition) is 3. The Balaban J connectivity index is 1.77. The van der Waals surface area contributed by atoms with Crippen LogP contribution in [0.5, 0.6) is 0 Å². The average Bonchev–Trinajstić information content (AvgIpc) is 3.15. The molecule has 0 spiro atoms. The molecule has 27 heavy (non-hydrogen) atoms. The van der Waals surface area contributed by atoms with Crippen molar-refractivity contribution in [1.82, 2.24) is 20.9 Å². The van der Waals surface area contributed by atoms with Crippen LogP contribution in [-0.4, -0.2) is 61.4 Å². The zero-order valence-corrected chi connectivity index (χ0v) is 17.1. The number of amides is 2. The molecule has 1 saturated heterocycles. The Hall–Kier alpha value is -1.79. The minimum absolute atomic E-state index is 0.0431. The number of aliphatic imine (C=N–C) groups is 1. The van der Waals surface area contributed by atoms with Gasteiger partial charge in [-0.2, -0.15) is 0 Å². The van der Waals surface area contributed by atoms with Gasteiger partial charge < -0.3 is 20.9 Å². The van der Waals surface area contributed by atoms with Crippen molar-refractivity contribution in [2.75, 3.05) is 32.7 Å². The lowest BCUT2D eigenvalue weighted by molar-refractivity contribution is -0.135. The van der Waals surface area contributed by atoms with Crippen LogP contribution >= 0.6 is 0 Å². The summed E-state index contributed by atoms with van der Waals surface area (Å²) in [6.07, 6.45) is 8.04. The topological polar surface area (TPSA) is 85.8 Å². The number of nitrogens with zero attached hydrogens (tertiary/aromatic N) is 2. The standard InChI is InChI=1S/C20H37N5O2/c1-3-12-22-18(26)10-13-23-20(21-4-2)24-17-11-14-25(15-17)19(27)16-8-6-5-7-9-16/h16-17H,3-15H2,1-2H3,(H,22,26)(H2,21,23,24). The summed E-state index contributed by atoms with van der Waals surface area (Å²) < 4.78 is 0. The number of rotatable bonds is 8. The number of carbonyl (C=O) groups excluding carboxylic acids is 2. The van der Waals surface area contributed by atoms with E-state index in [-0.39, 0.29) is 17.9 Å². The smallest absolute Gasteiger partial charge is 0.225 e. The first kappa shape index (κ1) is 21.5. The molecule has 1 saturated carbocycles. The molecule has 0 radical (unpaired) electrons. The fourth-order valence-electron chi connectivity index (χ4n) is 3.82. The third-order valence-electron chi connectivity index (χ3n) is 5.32. The molecule has 0 aromatic rings. The van der Waals surface area contributed by atoms with E-state index in [0.717, 1.165) is 51.3 Å². The zero-order chi connectivity index (χ0) is 19.5. The predicted octanol–water partition coefficient (Wildman–Crippen LogP) is 1.64. The first-order valence-corrected chi connectivity index (χ1v) is 10.7. The van der Waals surface area contributed by atoms with Gasteiger partial charge in [-0.15, -0.1) is 0 Å². The highest BCUT2D eigenvalue weighted by atomic mass is 16.2. The van der Waals surface area contributed by atoms with E-state index in [1.54, 1.807) is 0 Å². The van der Waals surface area contributed by atoms with Gasteiger partial charge in [0.1, 0.15) is 0 Å². The van der Waals surface area contributed by atoms with E-state index in [4.69, 9.17) is 0 Å². The molecule has 2 amide bonds. The maximum atomic E-state index is 12.7. The molecule has 1 unspecified atom stereocenters. The van der Waals surface area contributed by atoms with Gasteiger partial charge in [0.05, 0.1) is 6.54 Å². The third-order valence-corrected chi connectivity index (χ3v) is 5.32. The second-order valence-electron chi connectivity index (χ2n) is 7.61. The van der Waals surface area contributed by atoms with E-state index in [9.17, 15) is 9.59 Å². The first-order chi connectivity index (χ1) is 13.1. The van der Waals surface area contributed by atoms with Gasteiger partial charge >= 0.3 is 0 Å². The van der Waals surface area contributed by atoms with Crippen molar-refractivity contribution in [2.45, 2.75) is 71.3 Å². The number of hydrogen-bond acceptors (Lipinski definition) is 3. The molecule has 1 aliphatic heterocycles. The summed E-state index contributed by atoms with van der Waals surface area (Å²) in [4.78, 5) is 30.9. The van der Waals surface area contributed by atoms with E-state index in [1.807, 2.05) is 18.7 Å². The van der Waals surface area contributed by atoms with Crippen LogP contribution in [0.1, 0.15) is 65.2 Å². The molecule has 0 bridgehead atoms. The van der Waals surface area contributed by atoms with E-state index in [2.05, 4.69) is 20.9 Å². The van der Waals surface area contributed by atoms with E-state index in [1.165, 1.54) is 19.3 Å². The van der Waals surface area contributed by atoms with Crippen molar-refractivity contribution in [3.63, 3.8) is 0 Å². The van der Waals surface area contributed by atoms with Crippen LogP contribution in [0.3, 0.4) is 0 Å². The lowest BCUT2D eigenvalue weighted by Crippen LogP contribution is -2.45.